The molecule has 7 heteroatoms. The van der Waals surface area contributed by atoms with Crippen LogP contribution in [0.3, 0.4) is 0 Å². The Labute approximate surface area is 149 Å². The third-order valence-corrected chi connectivity index (χ3v) is 4.84. The topological polar surface area (TPSA) is 110 Å². The number of hydrogen-bond donors (Lipinski definition) is 2. The number of aromatic carboxylic acids is 1. The highest BCUT2D eigenvalue weighted by atomic mass is 16.6. The molecule has 0 spiro atoms. The summed E-state index contributed by atoms with van der Waals surface area (Å²) in [6, 6.07) is 13.1. The maximum atomic E-state index is 12.4. The normalized spacial score (nSPS) is 21.5. The number of nitrogens with zero attached hydrogens (tertiary/aromatic N) is 1. The number of hydrogen-bond acceptors (Lipinski definition) is 4. The zero-order valence-corrected chi connectivity index (χ0v) is 14.1. The average Bonchev–Trinajstić information content (AvgIpc) is 2.60. The van der Waals surface area contributed by atoms with Crippen molar-refractivity contribution in [2.75, 3.05) is 0 Å². The Bertz CT molecular complexity index is 841. The minimum atomic E-state index is -1.32. The van der Waals surface area contributed by atoms with Crippen molar-refractivity contribution in [1.82, 2.24) is 5.32 Å². The van der Waals surface area contributed by atoms with E-state index in [1.807, 2.05) is 18.2 Å². The number of non-ortho nitro benzene ring substituents is 1. The lowest BCUT2D eigenvalue weighted by Crippen LogP contribution is -2.51. The van der Waals surface area contributed by atoms with E-state index in [1.54, 1.807) is 0 Å². The van der Waals surface area contributed by atoms with E-state index in [0.717, 1.165) is 31.0 Å². The fourth-order valence-electron chi connectivity index (χ4n) is 3.45. The molecule has 1 saturated carbocycles. The van der Waals surface area contributed by atoms with Crippen molar-refractivity contribution < 1.29 is 19.6 Å². The van der Waals surface area contributed by atoms with Crippen molar-refractivity contribution in [3.8, 4) is 0 Å². The van der Waals surface area contributed by atoms with Gasteiger partial charge in [-0.3, -0.25) is 14.9 Å². The maximum absolute atomic E-state index is 12.4. The van der Waals surface area contributed by atoms with Crippen LogP contribution in [0.15, 0.2) is 48.5 Å². The van der Waals surface area contributed by atoms with Crippen LogP contribution in [0.1, 0.15) is 46.0 Å². The summed E-state index contributed by atoms with van der Waals surface area (Å²) in [4.78, 5) is 33.8. The first-order valence-electron chi connectivity index (χ1n) is 8.18. The largest absolute Gasteiger partial charge is 0.478 e. The Balaban J connectivity index is 1.72. The molecule has 2 aromatic rings. The number of nitrogens with one attached hydrogen (secondary N) is 1. The molecule has 0 bridgehead atoms. The second-order valence-corrected chi connectivity index (χ2v) is 6.84. The SMILES string of the molecule is CC1(c2ccccc2)CC(NC(=O)c2cc(C(=O)O)cc([N+](=O)[O-])c2)C1. The molecule has 1 amide bonds. The van der Waals surface area contributed by atoms with Crippen LogP contribution in [0.4, 0.5) is 5.69 Å². The molecule has 3 rings (SSSR count). The van der Waals surface area contributed by atoms with Crippen molar-refractivity contribution in [1.29, 1.82) is 0 Å². The Hall–Kier alpha value is -3.22. The first-order valence-corrected chi connectivity index (χ1v) is 8.18. The summed E-state index contributed by atoms with van der Waals surface area (Å²) in [5.41, 5.74) is 0.456. The van der Waals surface area contributed by atoms with Crippen LogP contribution in [-0.2, 0) is 5.41 Å². The summed E-state index contributed by atoms with van der Waals surface area (Å²) in [7, 11) is 0. The zero-order valence-electron chi connectivity index (χ0n) is 14.1. The molecule has 0 saturated heterocycles. The van der Waals surface area contributed by atoms with Crippen LogP contribution in [0, 0.1) is 10.1 Å². The predicted molar refractivity (Wildman–Crippen MR) is 94.3 cm³/mol. The number of carbonyl (C=O) groups is 2. The summed E-state index contributed by atoms with van der Waals surface area (Å²) >= 11 is 0. The van der Waals surface area contributed by atoms with Gasteiger partial charge in [-0.1, -0.05) is 37.3 Å². The monoisotopic (exact) mass is 354 g/mol. The third kappa shape index (κ3) is 3.42. The summed E-state index contributed by atoms with van der Waals surface area (Å²) in [5, 5.41) is 22.9. The van der Waals surface area contributed by atoms with Crippen molar-refractivity contribution in [2.45, 2.75) is 31.2 Å². The van der Waals surface area contributed by atoms with Gasteiger partial charge in [-0.2, -0.15) is 0 Å². The van der Waals surface area contributed by atoms with Gasteiger partial charge in [0.1, 0.15) is 0 Å². The Morgan fingerprint density at radius 1 is 1.15 bits per heavy atom. The molecule has 26 heavy (non-hydrogen) atoms. The second kappa shape index (κ2) is 6.59. The molecule has 0 aromatic heterocycles. The molecule has 1 fully saturated rings. The Kier molecular flexibility index (Phi) is 4.46. The fourth-order valence-corrected chi connectivity index (χ4v) is 3.45. The van der Waals surface area contributed by atoms with E-state index in [1.165, 1.54) is 5.56 Å². The summed E-state index contributed by atoms with van der Waals surface area (Å²) in [6.07, 6.45) is 1.51. The number of benzene rings is 2. The van der Waals surface area contributed by atoms with E-state index in [2.05, 4.69) is 24.4 Å². The molecule has 2 aromatic carbocycles. The van der Waals surface area contributed by atoms with Crippen LogP contribution in [0.2, 0.25) is 0 Å². The molecular weight excluding hydrogens is 336 g/mol. The van der Waals surface area contributed by atoms with Gasteiger partial charge in [-0.25, -0.2) is 4.79 Å². The lowest BCUT2D eigenvalue weighted by Gasteiger charge is -2.46. The average molecular weight is 354 g/mol. The highest BCUT2D eigenvalue weighted by molar-refractivity contribution is 5.98. The van der Waals surface area contributed by atoms with E-state index in [4.69, 9.17) is 5.11 Å². The molecule has 134 valence electrons. The summed E-state index contributed by atoms with van der Waals surface area (Å²) in [5.74, 6) is -1.82. The van der Waals surface area contributed by atoms with Crippen molar-refractivity contribution in [2.24, 2.45) is 0 Å². The first-order chi connectivity index (χ1) is 12.3. The molecule has 2 N–H and O–H groups in total. The number of nitro groups is 1. The third-order valence-electron chi connectivity index (χ3n) is 4.84. The molecule has 1 aliphatic rings. The zero-order chi connectivity index (χ0) is 18.9. The molecular formula is C19H18N2O5. The number of carbonyl (C=O) groups excluding carboxylic acids is 1. The summed E-state index contributed by atoms with van der Waals surface area (Å²) in [6.45, 7) is 2.13. The molecule has 7 nitrogen and oxygen atoms in total. The highest BCUT2D eigenvalue weighted by Crippen LogP contribution is 2.43. The van der Waals surface area contributed by atoms with Crippen molar-refractivity contribution >= 4 is 17.6 Å². The van der Waals surface area contributed by atoms with Gasteiger partial charge in [0.25, 0.3) is 11.6 Å². The van der Waals surface area contributed by atoms with Crippen LogP contribution >= 0.6 is 0 Å². The van der Waals surface area contributed by atoms with E-state index < -0.39 is 22.5 Å². The number of carboxylic acids is 1. The molecule has 1 aliphatic carbocycles. The second-order valence-electron chi connectivity index (χ2n) is 6.84. The van der Waals surface area contributed by atoms with Gasteiger partial charge in [-0.15, -0.1) is 0 Å². The van der Waals surface area contributed by atoms with Gasteiger partial charge in [0.2, 0.25) is 0 Å². The number of amides is 1. The van der Waals surface area contributed by atoms with Gasteiger partial charge in [0.15, 0.2) is 0 Å². The number of carboxylic acid groups (broad SMARTS) is 1. The first kappa shape index (κ1) is 17.6. The van der Waals surface area contributed by atoms with Gasteiger partial charge in [0.05, 0.1) is 10.5 Å². The smallest absolute Gasteiger partial charge is 0.335 e. The lowest BCUT2D eigenvalue weighted by molar-refractivity contribution is -0.384. The van der Waals surface area contributed by atoms with Gasteiger partial charge >= 0.3 is 5.97 Å². The number of nitro benzene ring substituents is 1. The van der Waals surface area contributed by atoms with Crippen LogP contribution < -0.4 is 5.32 Å². The maximum Gasteiger partial charge on any atom is 0.335 e. The van der Waals surface area contributed by atoms with Crippen molar-refractivity contribution in [3.05, 3.63) is 75.3 Å². The van der Waals surface area contributed by atoms with E-state index in [9.17, 15) is 19.7 Å². The highest BCUT2D eigenvalue weighted by Gasteiger charge is 2.42. The molecule has 0 radical (unpaired) electrons. The van der Waals surface area contributed by atoms with Crippen LogP contribution in [0.25, 0.3) is 0 Å². The van der Waals surface area contributed by atoms with E-state index in [-0.39, 0.29) is 22.6 Å². The van der Waals surface area contributed by atoms with Gasteiger partial charge in [-0.05, 0) is 29.9 Å². The van der Waals surface area contributed by atoms with E-state index >= 15 is 0 Å². The molecule has 0 heterocycles. The van der Waals surface area contributed by atoms with Gasteiger partial charge in [0, 0.05) is 23.7 Å². The van der Waals surface area contributed by atoms with Crippen LogP contribution in [-0.4, -0.2) is 27.9 Å². The Morgan fingerprint density at radius 3 is 2.35 bits per heavy atom. The predicted octanol–water partition coefficient (Wildman–Crippen LogP) is 3.14. The standard InChI is InChI=1S/C19H18N2O5/c1-19(14-5-3-2-4-6-14)10-15(11-19)20-17(22)12-7-13(18(23)24)9-16(8-12)21(25)26/h2-9,15H,10-11H2,1H3,(H,20,22)(H,23,24). The summed E-state index contributed by atoms with van der Waals surface area (Å²) < 4.78 is 0. The van der Waals surface area contributed by atoms with Crippen LogP contribution in [0.5, 0.6) is 0 Å². The quantitative estimate of drug-likeness (QED) is 0.633. The Morgan fingerprint density at radius 2 is 1.77 bits per heavy atom. The molecule has 0 aliphatic heterocycles. The number of rotatable bonds is 5. The van der Waals surface area contributed by atoms with Gasteiger partial charge < -0.3 is 10.4 Å². The molecule has 0 unspecified atom stereocenters. The van der Waals surface area contributed by atoms with E-state index in [0.29, 0.717) is 0 Å². The minimum absolute atomic E-state index is 0.0197. The fraction of sp³-hybridized carbons (Fsp3) is 0.263. The molecule has 0 atom stereocenters. The van der Waals surface area contributed by atoms with Crippen molar-refractivity contribution in [3.63, 3.8) is 0 Å². The lowest BCUT2D eigenvalue weighted by atomic mass is 9.63. The minimum Gasteiger partial charge on any atom is -0.478 e.